The standard InChI is InChI=1S/C14H13Cl2N/c15-13-7-4-8-14(16)12(13)10-17-9-11-5-2-1-3-6-11/h1-8,17H,9-10H2. The van der Waals surface area contributed by atoms with Gasteiger partial charge in [-0.05, 0) is 17.7 Å². The third-order valence-electron chi connectivity index (χ3n) is 2.54. The topological polar surface area (TPSA) is 12.0 Å². The van der Waals surface area contributed by atoms with Crippen LogP contribution in [0.5, 0.6) is 0 Å². The van der Waals surface area contributed by atoms with Crippen LogP contribution in [0.4, 0.5) is 0 Å². The van der Waals surface area contributed by atoms with Crippen LogP contribution >= 0.6 is 23.2 Å². The molecule has 1 nitrogen and oxygen atoms in total. The van der Waals surface area contributed by atoms with Gasteiger partial charge in [0, 0.05) is 28.7 Å². The van der Waals surface area contributed by atoms with E-state index in [1.165, 1.54) is 5.56 Å². The van der Waals surface area contributed by atoms with Gasteiger partial charge in [0.2, 0.25) is 0 Å². The Kier molecular flexibility index (Phi) is 4.43. The molecule has 2 aromatic carbocycles. The van der Waals surface area contributed by atoms with Gasteiger partial charge in [-0.3, -0.25) is 0 Å². The monoisotopic (exact) mass is 265 g/mol. The molecule has 0 aliphatic carbocycles. The highest BCUT2D eigenvalue weighted by atomic mass is 35.5. The summed E-state index contributed by atoms with van der Waals surface area (Å²) in [5.74, 6) is 0. The van der Waals surface area contributed by atoms with Crippen molar-refractivity contribution >= 4 is 23.2 Å². The highest BCUT2D eigenvalue weighted by Crippen LogP contribution is 2.23. The number of benzene rings is 2. The van der Waals surface area contributed by atoms with E-state index in [2.05, 4.69) is 17.4 Å². The first-order chi connectivity index (χ1) is 8.27. The number of hydrogen-bond acceptors (Lipinski definition) is 1. The molecule has 0 aliphatic rings. The molecule has 0 atom stereocenters. The van der Waals surface area contributed by atoms with Crippen molar-refractivity contribution in [3.05, 3.63) is 69.7 Å². The van der Waals surface area contributed by atoms with E-state index in [-0.39, 0.29) is 0 Å². The molecule has 17 heavy (non-hydrogen) atoms. The van der Waals surface area contributed by atoms with Gasteiger partial charge in [-0.1, -0.05) is 59.6 Å². The minimum absolute atomic E-state index is 0.674. The maximum Gasteiger partial charge on any atom is 0.0465 e. The van der Waals surface area contributed by atoms with Crippen molar-refractivity contribution in [3.8, 4) is 0 Å². The van der Waals surface area contributed by atoms with Gasteiger partial charge >= 0.3 is 0 Å². The Labute approximate surface area is 111 Å². The van der Waals surface area contributed by atoms with Gasteiger partial charge in [0.1, 0.15) is 0 Å². The fourth-order valence-corrected chi connectivity index (χ4v) is 2.16. The van der Waals surface area contributed by atoms with Gasteiger partial charge < -0.3 is 5.32 Å². The minimum Gasteiger partial charge on any atom is -0.309 e. The van der Waals surface area contributed by atoms with Crippen molar-refractivity contribution in [1.82, 2.24) is 5.32 Å². The highest BCUT2D eigenvalue weighted by Gasteiger charge is 2.04. The molecule has 1 N–H and O–H groups in total. The van der Waals surface area contributed by atoms with Crippen molar-refractivity contribution in [2.45, 2.75) is 13.1 Å². The van der Waals surface area contributed by atoms with Crippen LogP contribution in [0.1, 0.15) is 11.1 Å². The van der Waals surface area contributed by atoms with E-state index in [1.807, 2.05) is 36.4 Å². The average Bonchev–Trinajstić information content (AvgIpc) is 2.34. The maximum atomic E-state index is 6.09. The van der Waals surface area contributed by atoms with Crippen molar-refractivity contribution in [2.75, 3.05) is 0 Å². The van der Waals surface area contributed by atoms with Gasteiger partial charge in [-0.15, -0.1) is 0 Å². The van der Waals surface area contributed by atoms with Gasteiger partial charge in [0.05, 0.1) is 0 Å². The molecule has 0 heterocycles. The van der Waals surface area contributed by atoms with Crippen LogP contribution in [-0.2, 0) is 13.1 Å². The molecule has 0 spiro atoms. The second-order valence-electron chi connectivity index (χ2n) is 3.79. The van der Waals surface area contributed by atoms with E-state index in [1.54, 1.807) is 0 Å². The molecular weight excluding hydrogens is 253 g/mol. The number of hydrogen-bond donors (Lipinski definition) is 1. The van der Waals surface area contributed by atoms with Crippen molar-refractivity contribution in [3.63, 3.8) is 0 Å². The van der Waals surface area contributed by atoms with E-state index in [0.29, 0.717) is 16.6 Å². The highest BCUT2D eigenvalue weighted by molar-refractivity contribution is 6.35. The first-order valence-electron chi connectivity index (χ1n) is 5.45. The quantitative estimate of drug-likeness (QED) is 0.870. The zero-order valence-corrected chi connectivity index (χ0v) is 10.8. The zero-order valence-electron chi connectivity index (χ0n) is 9.29. The van der Waals surface area contributed by atoms with E-state index in [9.17, 15) is 0 Å². The molecule has 0 unspecified atom stereocenters. The van der Waals surface area contributed by atoms with Crippen LogP contribution in [0.15, 0.2) is 48.5 Å². The predicted molar refractivity (Wildman–Crippen MR) is 73.4 cm³/mol. The molecule has 0 fully saturated rings. The summed E-state index contributed by atoms with van der Waals surface area (Å²) in [6.45, 7) is 1.48. The van der Waals surface area contributed by atoms with Gasteiger partial charge in [0.25, 0.3) is 0 Å². The molecule has 0 bridgehead atoms. The summed E-state index contributed by atoms with van der Waals surface area (Å²) in [5.41, 5.74) is 2.20. The third-order valence-corrected chi connectivity index (χ3v) is 3.24. The predicted octanol–water partition coefficient (Wildman–Crippen LogP) is 4.28. The van der Waals surface area contributed by atoms with E-state index < -0.39 is 0 Å². The Morgan fingerprint density at radius 2 is 1.41 bits per heavy atom. The average molecular weight is 266 g/mol. The molecule has 0 radical (unpaired) electrons. The zero-order chi connectivity index (χ0) is 12.1. The lowest BCUT2D eigenvalue weighted by Crippen LogP contribution is -2.13. The second-order valence-corrected chi connectivity index (χ2v) is 4.60. The molecule has 0 aromatic heterocycles. The summed E-state index contributed by atoms with van der Waals surface area (Å²) in [7, 11) is 0. The number of rotatable bonds is 4. The summed E-state index contributed by atoms with van der Waals surface area (Å²) >= 11 is 12.2. The van der Waals surface area contributed by atoms with Crippen molar-refractivity contribution < 1.29 is 0 Å². The van der Waals surface area contributed by atoms with Gasteiger partial charge in [-0.25, -0.2) is 0 Å². The number of halogens is 2. The largest absolute Gasteiger partial charge is 0.309 e. The van der Waals surface area contributed by atoms with Crippen LogP contribution in [-0.4, -0.2) is 0 Å². The Morgan fingerprint density at radius 1 is 0.765 bits per heavy atom. The Hall–Kier alpha value is -1.02. The molecule has 3 heteroatoms. The first-order valence-corrected chi connectivity index (χ1v) is 6.20. The summed E-state index contributed by atoms with van der Waals surface area (Å²) in [5, 5.41) is 4.74. The SMILES string of the molecule is Clc1cccc(Cl)c1CNCc1ccccc1. The Morgan fingerprint density at radius 3 is 2.06 bits per heavy atom. The van der Waals surface area contributed by atoms with Crippen LogP contribution in [0, 0.1) is 0 Å². The molecule has 0 aliphatic heterocycles. The lowest BCUT2D eigenvalue weighted by Gasteiger charge is -2.08. The fraction of sp³-hybridized carbons (Fsp3) is 0.143. The molecule has 88 valence electrons. The third kappa shape index (κ3) is 3.47. The van der Waals surface area contributed by atoms with Crippen LogP contribution in [0.3, 0.4) is 0 Å². The lowest BCUT2D eigenvalue weighted by molar-refractivity contribution is 0.693. The molecule has 0 saturated heterocycles. The van der Waals surface area contributed by atoms with Crippen molar-refractivity contribution in [2.24, 2.45) is 0 Å². The maximum absolute atomic E-state index is 6.09. The second kappa shape index (κ2) is 6.06. The normalized spacial score (nSPS) is 10.5. The first kappa shape index (κ1) is 12.4. The van der Waals surface area contributed by atoms with E-state index in [4.69, 9.17) is 23.2 Å². The van der Waals surface area contributed by atoms with Crippen LogP contribution in [0.25, 0.3) is 0 Å². The summed E-state index contributed by atoms with van der Waals surface area (Å²) in [4.78, 5) is 0. The molecule has 2 aromatic rings. The lowest BCUT2D eigenvalue weighted by atomic mass is 10.2. The van der Waals surface area contributed by atoms with Gasteiger partial charge in [-0.2, -0.15) is 0 Å². The molecule has 2 rings (SSSR count). The molecular formula is C14H13Cl2N. The van der Waals surface area contributed by atoms with E-state index in [0.717, 1.165) is 12.1 Å². The van der Waals surface area contributed by atoms with Crippen LogP contribution in [0.2, 0.25) is 10.0 Å². The smallest absolute Gasteiger partial charge is 0.0465 e. The summed E-state index contributed by atoms with van der Waals surface area (Å²) in [6.07, 6.45) is 0. The fourth-order valence-electron chi connectivity index (χ4n) is 1.63. The van der Waals surface area contributed by atoms with Gasteiger partial charge in [0.15, 0.2) is 0 Å². The Bertz CT molecular complexity index is 463. The van der Waals surface area contributed by atoms with E-state index >= 15 is 0 Å². The molecule has 0 amide bonds. The van der Waals surface area contributed by atoms with Crippen molar-refractivity contribution in [1.29, 1.82) is 0 Å². The summed E-state index contributed by atoms with van der Waals surface area (Å²) in [6, 6.07) is 15.8. The Balaban J connectivity index is 1.95. The van der Waals surface area contributed by atoms with Crippen LogP contribution < -0.4 is 5.32 Å². The minimum atomic E-state index is 0.674. The summed E-state index contributed by atoms with van der Waals surface area (Å²) < 4.78 is 0. The number of nitrogens with one attached hydrogen (secondary N) is 1. The molecule has 0 saturated carbocycles.